The zero-order valence-electron chi connectivity index (χ0n) is 23.0. The standard InChI is InChI=1S/C30H40N4O4S/c1-3-4-17-33(22-24-12-6-5-7-13-24)18-10-16-31-30(36)27-21-29(35)32-28-15-14-25(20-26(27)28)39(37,38)34-19-9-8-11-23(34)2/h5-7,12-15,20-21,23H,3-4,8-11,16-19,22H2,1-2H3,(H,31,36)(H,32,35)/t23-/m0/s1. The number of unbranched alkanes of at least 4 members (excludes halogenated alkanes) is 1. The minimum Gasteiger partial charge on any atom is -0.352 e. The van der Waals surface area contributed by atoms with E-state index in [1.165, 1.54) is 23.8 Å². The lowest BCUT2D eigenvalue weighted by molar-refractivity contribution is 0.0952. The summed E-state index contributed by atoms with van der Waals surface area (Å²) in [5, 5.41) is 3.37. The molecule has 1 amide bonds. The van der Waals surface area contributed by atoms with E-state index in [1.807, 2.05) is 25.1 Å². The van der Waals surface area contributed by atoms with Crippen molar-refractivity contribution in [2.75, 3.05) is 26.2 Å². The number of amides is 1. The summed E-state index contributed by atoms with van der Waals surface area (Å²) in [6.07, 6.45) is 5.66. The maximum Gasteiger partial charge on any atom is 0.252 e. The quantitative estimate of drug-likeness (QED) is 0.322. The molecule has 210 valence electrons. The topological polar surface area (TPSA) is 103 Å². The Bertz CT molecular complexity index is 1420. The van der Waals surface area contributed by atoms with E-state index in [4.69, 9.17) is 0 Å². The van der Waals surface area contributed by atoms with Crippen LogP contribution in [0.5, 0.6) is 0 Å². The van der Waals surface area contributed by atoms with Crippen molar-refractivity contribution >= 4 is 26.8 Å². The summed E-state index contributed by atoms with van der Waals surface area (Å²) >= 11 is 0. The van der Waals surface area contributed by atoms with E-state index in [0.717, 1.165) is 58.2 Å². The molecule has 0 unspecified atom stereocenters. The summed E-state index contributed by atoms with van der Waals surface area (Å²) < 4.78 is 28.4. The van der Waals surface area contributed by atoms with Crippen molar-refractivity contribution < 1.29 is 13.2 Å². The third-order valence-corrected chi connectivity index (χ3v) is 9.43. The van der Waals surface area contributed by atoms with Gasteiger partial charge in [0.25, 0.3) is 5.91 Å². The van der Waals surface area contributed by atoms with Gasteiger partial charge in [-0.2, -0.15) is 4.31 Å². The van der Waals surface area contributed by atoms with Crippen LogP contribution in [0.2, 0.25) is 0 Å². The Morgan fingerprint density at radius 3 is 2.59 bits per heavy atom. The van der Waals surface area contributed by atoms with E-state index >= 15 is 0 Å². The van der Waals surface area contributed by atoms with E-state index in [1.54, 1.807) is 10.4 Å². The van der Waals surface area contributed by atoms with Crippen molar-refractivity contribution in [3.8, 4) is 0 Å². The Balaban J connectivity index is 1.46. The Morgan fingerprint density at radius 1 is 1.08 bits per heavy atom. The van der Waals surface area contributed by atoms with Crippen LogP contribution in [0.25, 0.3) is 10.9 Å². The highest BCUT2D eigenvalue weighted by atomic mass is 32.2. The van der Waals surface area contributed by atoms with Crippen molar-refractivity contribution in [1.82, 2.24) is 19.5 Å². The van der Waals surface area contributed by atoms with Gasteiger partial charge in [-0.05, 0) is 62.9 Å². The second kappa shape index (κ2) is 13.4. The molecule has 4 rings (SSSR count). The molecule has 2 heterocycles. The average molecular weight is 553 g/mol. The Morgan fingerprint density at radius 2 is 1.85 bits per heavy atom. The number of pyridine rings is 1. The normalized spacial score (nSPS) is 16.5. The van der Waals surface area contributed by atoms with Crippen LogP contribution in [0.4, 0.5) is 0 Å². The SMILES string of the molecule is CCCCN(CCCNC(=O)c1cc(=O)[nH]c2ccc(S(=O)(=O)N3CCCC[C@@H]3C)cc12)Cc1ccccc1. The maximum absolute atomic E-state index is 13.4. The molecule has 0 bridgehead atoms. The number of hydrogen-bond donors (Lipinski definition) is 2. The molecule has 1 saturated heterocycles. The summed E-state index contributed by atoms with van der Waals surface area (Å²) in [6.45, 7) is 7.73. The molecule has 0 spiro atoms. The third kappa shape index (κ3) is 7.35. The predicted octanol–water partition coefficient (Wildman–Crippen LogP) is 4.51. The smallest absolute Gasteiger partial charge is 0.252 e. The Kier molecular flexibility index (Phi) is 9.94. The van der Waals surface area contributed by atoms with Crippen LogP contribution in [0.3, 0.4) is 0 Å². The first-order valence-corrected chi connectivity index (χ1v) is 15.5. The van der Waals surface area contributed by atoms with Crippen molar-refractivity contribution in [3.05, 3.63) is 76.1 Å². The molecule has 9 heteroatoms. The zero-order chi connectivity index (χ0) is 27.8. The van der Waals surface area contributed by atoms with Gasteiger partial charge in [-0.3, -0.25) is 14.5 Å². The number of fused-ring (bicyclic) bond motifs is 1. The van der Waals surface area contributed by atoms with Gasteiger partial charge in [0.05, 0.1) is 10.5 Å². The number of nitrogens with one attached hydrogen (secondary N) is 2. The van der Waals surface area contributed by atoms with Gasteiger partial charge in [0, 0.05) is 49.2 Å². The fraction of sp³-hybridized carbons (Fsp3) is 0.467. The minimum atomic E-state index is -3.72. The molecule has 8 nitrogen and oxygen atoms in total. The van der Waals surface area contributed by atoms with Crippen LogP contribution in [-0.2, 0) is 16.6 Å². The molecule has 1 aromatic heterocycles. The fourth-order valence-electron chi connectivity index (χ4n) is 5.24. The van der Waals surface area contributed by atoms with Gasteiger partial charge in [0.15, 0.2) is 0 Å². The van der Waals surface area contributed by atoms with Crippen molar-refractivity contribution in [3.63, 3.8) is 0 Å². The lowest BCUT2D eigenvalue weighted by Crippen LogP contribution is -2.41. The lowest BCUT2D eigenvalue weighted by Gasteiger charge is -2.32. The average Bonchev–Trinajstić information content (AvgIpc) is 2.93. The minimum absolute atomic E-state index is 0.0726. The maximum atomic E-state index is 13.4. The number of H-pyrrole nitrogens is 1. The first kappa shape index (κ1) is 29.0. The van der Waals surface area contributed by atoms with Gasteiger partial charge in [0.1, 0.15) is 0 Å². The molecule has 2 N–H and O–H groups in total. The van der Waals surface area contributed by atoms with Gasteiger partial charge < -0.3 is 10.3 Å². The zero-order valence-corrected chi connectivity index (χ0v) is 23.8. The van der Waals surface area contributed by atoms with E-state index in [-0.39, 0.29) is 22.4 Å². The number of piperidine rings is 1. The highest BCUT2D eigenvalue weighted by molar-refractivity contribution is 7.89. The highest BCUT2D eigenvalue weighted by Gasteiger charge is 2.31. The van der Waals surface area contributed by atoms with Gasteiger partial charge in [0.2, 0.25) is 15.6 Å². The third-order valence-electron chi connectivity index (χ3n) is 7.42. The van der Waals surface area contributed by atoms with Crippen molar-refractivity contribution in [1.29, 1.82) is 0 Å². The van der Waals surface area contributed by atoms with E-state index in [2.05, 4.69) is 34.3 Å². The van der Waals surface area contributed by atoms with E-state index in [9.17, 15) is 18.0 Å². The largest absolute Gasteiger partial charge is 0.352 e. The van der Waals surface area contributed by atoms with E-state index in [0.29, 0.717) is 24.0 Å². The Labute approximate surface area is 231 Å². The molecule has 0 radical (unpaired) electrons. The molecule has 1 fully saturated rings. The van der Waals surface area contributed by atoms with Crippen LogP contribution >= 0.6 is 0 Å². The van der Waals surface area contributed by atoms with Crippen LogP contribution in [0.15, 0.2) is 64.3 Å². The summed E-state index contributed by atoms with van der Waals surface area (Å²) in [5.41, 5.74) is 1.48. The van der Waals surface area contributed by atoms with Crippen molar-refractivity contribution in [2.45, 2.75) is 69.9 Å². The molecular weight excluding hydrogens is 512 g/mol. The number of carbonyl (C=O) groups excluding carboxylic acids is 1. The summed E-state index contributed by atoms with van der Waals surface area (Å²) in [4.78, 5) is 30.8. The molecule has 2 aromatic carbocycles. The molecule has 1 atom stereocenters. The monoisotopic (exact) mass is 552 g/mol. The summed E-state index contributed by atoms with van der Waals surface area (Å²) in [5.74, 6) is -0.379. The molecule has 1 aliphatic rings. The van der Waals surface area contributed by atoms with Crippen molar-refractivity contribution in [2.24, 2.45) is 0 Å². The lowest BCUT2D eigenvalue weighted by atomic mass is 10.1. The fourth-order valence-corrected chi connectivity index (χ4v) is 6.96. The number of benzene rings is 2. The van der Waals surface area contributed by atoms with Gasteiger partial charge in [-0.15, -0.1) is 0 Å². The summed E-state index contributed by atoms with van der Waals surface area (Å²) in [6, 6.07) is 16.1. The van der Waals surface area contributed by atoms with Crippen LogP contribution < -0.4 is 10.9 Å². The van der Waals surface area contributed by atoms with Crippen LogP contribution in [-0.4, -0.2) is 60.7 Å². The number of carbonyl (C=O) groups is 1. The number of aromatic amines is 1. The van der Waals surface area contributed by atoms with Crippen LogP contribution in [0.1, 0.15) is 68.3 Å². The summed E-state index contributed by atoms with van der Waals surface area (Å²) in [7, 11) is -3.72. The highest BCUT2D eigenvalue weighted by Crippen LogP contribution is 2.27. The molecule has 0 saturated carbocycles. The second-order valence-corrected chi connectivity index (χ2v) is 12.3. The first-order valence-electron chi connectivity index (χ1n) is 14.0. The number of sulfonamides is 1. The molecule has 39 heavy (non-hydrogen) atoms. The van der Waals surface area contributed by atoms with E-state index < -0.39 is 15.6 Å². The number of nitrogens with zero attached hydrogens (tertiary/aromatic N) is 2. The Hall–Kier alpha value is -3.01. The first-order chi connectivity index (χ1) is 18.8. The molecule has 3 aromatic rings. The number of hydrogen-bond acceptors (Lipinski definition) is 5. The second-order valence-electron chi connectivity index (χ2n) is 10.4. The molecule has 0 aliphatic carbocycles. The van der Waals surface area contributed by atoms with Gasteiger partial charge >= 0.3 is 0 Å². The van der Waals surface area contributed by atoms with Gasteiger partial charge in [-0.25, -0.2) is 8.42 Å². The number of aromatic nitrogens is 1. The molecule has 1 aliphatic heterocycles. The number of rotatable bonds is 12. The predicted molar refractivity (Wildman–Crippen MR) is 155 cm³/mol. The van der Waals surface area contributed by atoms with Gasteiger partial charge in [-0.1, -0.05) is 50.1 Å². The van der Waals surface area contributed by atoms with Crippen LogP contribution in [0, 0.1) is 0 Å². The molecular formula is C30H40N4O4S.